The first-order chi connectivity index (χ1) is 11.3. The quantitative estimate of drug-likeness (QED) is 0.406. The molecular weight excluding hydrogens is 378 g/mol. The van der Waals surface area contributed by atoms with Gasteiger partial charge in [-0.15, -0.1) is 11.3 Å². The molecule has 0 bridgehead atoms. The van der Waals surface area contributed by atoms with Crippen molar-refractivity contribution in [3.63, 3.8) is 0 Å². The van der Waals surface area contributed by atoms with Crippen molar-refractivity contribution in [2.75, 3.05) is 30.3 Å². The maximum Gasteiger partial charge on any atom is 0.323 e. The zero-order chi connectivity index (χ0) is 17.7. The van der Waals surface area contributed by atoms with E-state index in [1.807, 2.05) is 0 Å². The molecule has 0 amide bonds. The predicted molar refractivity (Wildman–Crippen MR) is 93.6 cm³/mol. The highest BCUT2D eigenvalue weighted by Crippen LogP contribution is 2.39. The third-order valence-corrected chi connectivity index (χ3v) is 5.62. The van der Waals surface area contributed by atoms with Crippen LogP contribution in [-0.2, 0) is 14.8 Å². The van der Waals surface area contributed by atoms with Gasteiger partial charge in [0.2, 0.25) is 0 Å². The number of rotatable bonds is 8. The molecule has 2 N–H and O–H groups in total. The summed E-state index contributed by atoms with van der Waals surface area (Å²) in [7, 11) is -2.61. The Bertz CT molecular complexity index is 821. The van der Waals surface area contributed by atoms with Gasteiger partial charge in [-0.25, -0.2) is 8.42 Å². The maximum atomic E-state index is 12.5. The van der Waals surface area contributed by atoms with E-state index in [1.54, 1.807) is 0 Å². The van der Waals surface area contributed by atoms with Crippen LogP contribution >= 0.6 is 22.9 Å². The van der Waals surface area contributed by atoms with Gasteiger partial charge in [-0.3, -0.25) is 14.8 Å². The Morgan fingerprint density at radius 2 is 2.00 bits per heavy atom. The van der Waals surface area contributed by atoms with Gasteiger partial charge in [0.15, 0.2) is 9.90 Å². The average Bonchev–Trinajstić information content (AvgIpc) is 2.95. The van der Waals surface area contributed by atoms with Crippen LogP contribution in [0.2, 0.25) is 5.02 Å². The first-order valence-electron chi connectivity index (χ1n) is 6.62. The van der Waals surface area contributed by atoms with Gasteiger partial charge in [0.05, 0.1) is 11.5 Å². The molecule has 1 aromatic carbocycles. The molecule has 0 saturated carbocycles. The molecule has 0 radical (unpaired) electrons. The zero-order valence-corrected chi connectivity index (χ0v) is 14.9. The molecular formula is C13H14ClN3O5S2. The van der Waals surface area contributed by atoms with Crippen LogP contribution in [0.15, 0.2) is 34.5 Å². The summed E-state index contributed by atoms with van der Waals surface area (Å²) in [5.41, 5.74) is -0.230. The summed E-state index contributed by atoms with van der Waals surface area (Å²) in [4.78, 5) is 10.2. The lowest BCUT2D eigenvalue weighted by Gasteiger charge is -2.07. The second kappa shape index (κ2) is 7.79. The molecule has 0 fully saturated rings. The summed E-state index contributed by atoms with van der Waals surface area (Å²) in [6.45, 7) is 0.655. The minimum atomic E-state index is -4.11. The Balaban J connectivity index is 2.32. The number of anilines is 2. The van der Waals surface area contributed by atoms with E-state index in [-0.39, 0.29) is 10.7 Å². The molecule has 0 aliphatic heterocycles. The Hall–Kier alpha value is -1.88. The topological polar surface area (TPSA) is 111 Å². The summed E-state index contributed by atoms with van der Waals surface area (Å²) < 4.78 is 32.1. The standard InChI is InChI=1S/C13H14ClN3O5S2/c1-22-7-6-15-13-12(17(18)19)11(8-23-13)24(20,21)16-10-4-2-9(14)3-5-10/h2-5,8,15-16H,6-7H2,1H3. The van der Waals surface area contributed by atoms with E-state index >= 15 is 0 Å². The summed E-state index contributed by atoms with van der Waals surface area (Å²) in [5, 5.41) is 15.9. The average molecular weight is 392 g/mol. The van der Waals surface area contributed by atoms with Crippen LogP contribution in [0.5, 0.6) is 0 Å². The van der Waals surface area contributed by atoms with Crippen LogP contribution in [0.25, 0.3) is 0 Å². The van der Waals surface area contributed by atoms with Crippen molar-refractivity contribution in [2.45, 2.75) is 4.90 Å². The van der Waals surface area contributed by atoms with E-state index in [1.165, 1.54) is 36.8 Å². The van der Waals surface area contributed by atoms with E-state index in [4.69, 9.17) is 16.3 Å². The normalized spacial score (nSPS) is 11.2. The minimum Gasteiger partial charge on any atom is -0.383 e. The number of sulfonamides is 1. The van der Waals surface area contributed by atoms with Crippen LogP contribution in [-0.4, -0.2) is 33.6 Å². The van der Waals surface area contributed by atoms with E-state index in [0.29, 0.717) is 18.2 Å². The predicted octanol–water partition coefficient (Wildman–Crippen LogP) is 3.17. The smallest absolute Gasteiger partial charge is 0.323 e. The van der Waals surface area contributed by atoms with Crippen molar-refractivity contribution in [1.82, 2.24) is 0 Å². The molecule has 11 heteroatoms. The highest BCUT2D eigenvalue weighted by molar-refractivity contribution is 7.93. The van der Waals surface area contributed by atoms with Gasteiger partial charge in [-0.05, 0) is 24.3 Å². The molecule has 0 atom stereocenters. The number of halogens is 1. The molecule has 0 spiro atoms. The largest absolute Gasteiger partial charge is 0.383 e. The van der Waals surface area contributed by atoms with Crippen LogP contribution in [0, 0.1) is 10.1 Å². The van der Waals surface area contributed by atoms with Gasteiger partial charge >= 0.3 is 5.69 Å². The molecule has 0 aliphatic rings. The number of nitrogens with one attached hydrogen (secondary N) is 2. The van der Waals surface area contributed by atoms with E-state index in [9.17, 15) is 18.5 Å². The molecule has 0 saturated heterocycles. The molecule has 2 rings (SSSR count). The van der Waals surface area contributed by atoms with Crippen molar-refractivity contribution >= 4 is 49.3 Å². The van der Waals surface area contributed by atoms with Crippen molar-refractivity contribution in [3.05, 3.63) is 44.8 Å². The second-order valence-electron chi connectivity index (χ2n) is 4.57. The first-order valence-corrected chi connectivity index (χ1v) is 9.36. The number of nitro groups is 1. The Labute approximate surface area is 147 Å². The Kier molecular flexibility index (Phi) is 5.99. The van der Waals surface area contributed by atoms with Gasteiger partial charge < -0.3 is 10.1 Å². The summed E-state index contributed by atoms with van der Waals surface area (Å²) in [6, 6.07) is 5.96. The molecule has 0 unspecified atom stereocenters. The fourth-order valence-corrected chi connectivity index (χ4v) is 4.47. The van der Waals surface area contributed by atoms with Crippen molar-refractivity contribution in [1.29, 1.82) is 0 Å². The third-order valence-electron chi connectivity index (χ3n) is 2.89. The number of benzene rings is 1. The summed E-state index contributed by atoms with van der Waals surface area (Å²) in [6.07, 6.45) is 0. The number of hydrogen-bond donors (Lipinski definition) is 2. The number of ether oxygens (including phenoxy) is 1. The van der Waals surface area contributed by atoms with Crippen molar-refractivity contribution in [3.8, 4) is 0 Å². The fraction of sp³-hybridized carbons (Fsp3) is 0.231. The number of nitrogens with zero attached hydrogens (tertiary/aromatic N) is 1. The number of hydrogen-bond acceptors (Lipinski definition) is 7. The van der Waals surface area contributed by atoms with Gasteiger partial charge in [0.1, 0.15) is 0 Å². The van der Waals surface area contributed by atoms with E-state index < -0.39 is 25.5 Å². The van der Waals surface area contributed by atoms with Crippen LogP contribution in [0.1, 0.15) is 0 Å². The molecule has 24 heavy (non-hydrogen) atoms. The highest BCUT2D eigenvalue weighted by atomic mass is 35.5. The number of methoxy groups -OCH3 is 1. The van der Waals surface area contributed by atoms with E-state index in [0.717, 1.165) is 11.3 Å². The van der Waals surface area contributed by atoms with Crippen molar-refractivity contribution in [2.24, 2.45) is 0 Å². The maximum absolute atomic E-state index is 12.5. The molecule has 1 aromatic heterocycles. The first kappa shape index (κ1) is 18.5. The minimum absolute atomic E-state index is 0.161. The van der Waals surface area contributed by atoms with Gasteiger partial charge in [0.25, 0.3) is 10.0 Å². The van der Waals surface area contributed by atoms with Gasteiger partial charge in [-0.1, -0.05) is 11.6 Å². The lowest BCUT2D eigenvalue weighted by molar-refractivity contribution is -0.386. The van der Waals surface area contributed by atoms with Crippen LogP contribution in [0.4, 0.5) is 16.4 Å². The zero-order valence-electron chi connectivity index (χ0n) is 12.5. The highest BCUT2D eigenvalue weighted by Gasteiger charge is 2.31. The molecule has 130 valence electrons. The second-order valence-corrected chi connectivity index (χ2v) is 7.53. The fourth-order valence-electron chi connectivity index (χ4n) is 1.82. The monoisotopic (exact) mass is 391 g/mol. The SMILES string of the molecule is COCCNc1scc(S(=O)(=O)Nc2ccc(Cl)cc2)c1[N+](=O)[O-]. The summed E-state index contributed by atoms with van der Waals surface area (Å²) in [5.74, 6) is 0. The lowest BCUT2D eigenvalue weighted by Crippen LogP contribution is -2.14. The third kappa shape index (κ3) is 4.35. The molecule has 8 nitrogen and oxygen atoms in total. The Morgan fingerprint density at radius 3 is 2.58 bits per heavy atom. The number of thiophene rings is 1. The van der Waals surface area contributed by atoms with Crippen LogP contribution in [0.3, 0.4) is 0 Å². The Morgan fingerprint density at radius 1 is 1.33 bits per heavy atom. The lowest BCUT2D eigenvalue weighted by atomic mass is 10.3. The van der Waals surface area contributed by atoms with Gasteiger partial charge in [-0.2, -0.15) is 0 Å². The van der Waals surface area contributed by atoms with Gasteiger partial charge in [0, 0.05) is 29.7 Å². The molecule has 2 aromatic rings. The van der Waals surface area contributed by atoms with E-state index in [2.05, 4.69) is 10.0 Å². The van der Waals surface area contributed by atoms with Crippen molar-refractivity contribution < 1.29 is 18.1 Å². The molecule has 1 heterocycles. The summed E-state index contributed by atoms with van der Waals surface area (Å²) >= 11 is 6.69. The van der Waals surface area contributed by atoms with Crippen LogP contribution < -0.4 is 10.0 Å². The molecule has 0 aliphatic carbocycles.